The molecule has 192 valence electrons. The van der Waals surface area contributed by atoms with Crippen LogP contribution in [0.25, 0.3) is 0 Å². The van der Waals surface area contributed by atoms with E-state index >= 15 is 0 Å². The molecule has 0 N–H and O–H groups in total. The van der Waals surface area contributed by atoms with Crippen molar-refractivity contribution in [3.8, 4) is 5.75 Å². The van der Waals surface area contributed by atoms with Gasteiger partial charge in [0.25, 0.3) is 0 Å². The first-order valence-corrected chi connectivity index (χ1v) is 14.0. The van der Waals surface area contributed by atoms with E-state index < -0.39 is 0 Å². The second-order valence-electron chi connectivity index (χ2n) is 9.47. The summed E-state index contributed by atoms with van der Waals surface area (Å²) in [4.78, 5) is 27.6. The summed E-state index contributed by atoms with van der Waals surface area (Å²) in [6.45, 7) is 3.28. The number of carbonyl (C=O) groups is 2. The number of methoxy groups -OCH3 is 1. The first kappa shape index (κ1) is 25.8. The van der Waals surface area contributed by atoms with E-state index in [4.69, 9.17) is 21.1 Å². The lowest BCUT2D eigenvalue weighted by Gasteiger charge is -2.31. The van der Waals surface area contributed by atoms with Crippen molar-refractivity contribution >= 4 is 35.1 Å². The largest absolute Gasteiger partial charge is 0.489 e. The van der Waals surface area contributed by atoms with E-state index in [1.54, 1.807) is 18.2 Å². The Kier molecular flexibility index (Phi) is 8.18. The standard InChI is InChI=1S/C30H30ClNO4S/c1-35-30(34)22-8-11-27-26(18-22)29(25-5-3-2-4-23(25)19-36-27)37-17-16-32-14-12-21(13-15-32)28(33)20-6-9-24(31)10-7-20/h2-11,18,21,29H,12-17,19H2,1H3. The molecule has 3 aromatic rings. The normalized spacial score (nSPS) is 17.7. The summed E-state index contributed by atoms with van der Waals surface area (Å²) in [5, 5.41) is 0.707. The van der Waals surface area contributed by atoms with Crippen molar-refractivity contribution in [2.75, 3.05) is 32.5 Å². The fraction of sp³-hybridized carbons (Fsp3) is 0.333. The number of rotatable bonds is 7. The zero-order chi connectivity index (χ0) is 25.8. The van der Waals surface area contributed by atoms with Crippen LogP contribution in [-0.2, 0) is 11.3 Å². The van der Waals surface area contributed by atoms with Crippen molar-refractivity contribution in [3.05, 3.63) is 99.6 Å². The van der Waals surface area contributed by atoms with Crippen LogP contribution in [0.2, 0.25) is 5.02 Å². The number of piperidine rings is 1. The van der Waals surface area contributed by atoms with Gasteiger partial charge in [-0.05, 0) is 79.5 Å². The van der Waals surface area contributed by atoms with Crippen molar-refractivity contribution in [2.24, 2.45) is 5.92 Å². The van der Waals surface area contributed by atoms with Crippen LogP contribution in [0.15, 0.2) is 66.7 Å². The molecule has 0 aromatic heterocycles. The quantitative estimate of drug-likeness (QED) is 0.256. The Balaban J connectivity index is 1.24. The first-order chi connectivity index (χ1) is 18.0. The van der Waals surface area contributed by atoms with Crippen molar-refractivity contribution in [1.82, 2.24) is 4.90 Å². The highest BCUT2D eigenvalue weighted by Crippen LogP contribution is 2.44. The Hall–Kier alpha value is -2.80. The van der Waals surface area contributed by atoms with Gasteiger partial charge in [-0.2, -0.15) is 0 Å². The van der Waals surface area contributed by atoms with Crippen LogP contribution in [0.3, 0.4) is 0 Å². The molecule has 3 aromatic carbocycles. The van der Waals surface area contributed by atoms with E-state index in [1.165, 1.54) is 12.7 Å². The lowest BCUT2D eigenvalue weighted by Crippen LogP contribution is -2.37. The Morgan fingerprint density at radius 2 is 1.73 bits per heavy atom. The number of Topliss-reactive ketones (excluding diaryl/α,β-unsaturated/α-hetero) is 1. The number of likely N-dealkylation sites (tertiary alicyclic amines) is 1. The van der Waals surface area contributed by atoms with Gasteiger partial charge in [-0.25, -0.2) is 4.79 Å². The highest BCUT2D eigenvalue weighted by atomic mass is 35.5. The Morgan fingerprint density at radius 1 is 1.00 bits per heavy atom. The highest BCUT2D eigenvalue weighted by Gasteiger charge is 2.28. The number of nitrogens with zero attached hydrogens (tertiary/aromatic N) is 1. The number of thioether (sulfide) groups is 1. The van der Waals surface area contributed by atoms with Crippen LogP contribution in [0, 0.1) is 5.92 Å². The fourth-order valence-corrected chi connectivity index (χ4v) is 6.62. The maximum Gasteiger partial charge on any atom is 0.337 e. The van der Waals surface area contributed by atoms with Gasteiger partial charge in [0.15, 0.2) is 5.78 Å². The minimum atomic E-state index is -0.347. The molecule has 0 amide bonds. The maximum absolute atomic E-state index is 12.9. The van der Waals surface area contributed by atoms with E-state index in [9.17, 15) is 9.59 Å². The number of fused-ring (bicyclic) bond motifs is 2. The molecule has 1 saturated heterocycles. The summed E-state index contributed by atoms with van der Waals surface area (Å²) in [6.07, 6.45) is 1.75. The number of ether oxygens (including phenoxy) is 2. The number of benzene rings is 3. The summed E-state index contributed by atoms with van der Waals surface area (Å²) >= 11 is 7.84. The molecular weight excluding hydrogens is 506 g/mol. The summed E-state index contributed by atoms with van der Waals surface area (Å²) < 4.78 is 11.1. The number of hydrogen-bond donors (Lipinski definition) is 0. The lowest BCUT2D eigenvalue weighted by atomic mass is 9.89. The van der Waals surface area contributed by atoms with Crippen molar-refractivity contribution in [1.29, 1.82) is 0 Å². The molecule has 5 nitrogen and oxygen atoms in total. The van der Waals surface area contributed by atoms with Gasteiger partial charge in [0.1, 0.15) is 12.4 Å². The number of esters is 1. The molecule has 2 aliphatic heterocycles. The third-order valence-corrected chi connectivity index (χ3v) is 8.72. The average Bonchev–Trinajstić information content (AvgIpc) is 3.09. The maximum atomic E-state index is 12.9. The molecule has 0 bridgehead atoms. The SMILES string of the molecule is COC(=O)c1ccc2c(c1)C(SCCN1CCC(C(=O)c3ccc(Cl)cc3)CC1)c1ccccc1CO2. The minimum absolute atomic E-state index is 0.0577. The van der Waals surface area contributed by atoms with Gasteiger partial charge in [0, 0.05) is 34.4 Å². The van der Waals surface area contributed by atoms with Crippen molar-refractivity contribution in [3.63, 3.8) is 0 Å². The summed E-state index contributed by atoms with van der Waals surface area (Å²) in [7, 11) is 1.40. The van der Waals surface area contributed by atoms with Crippen LogP contribution in [0.5, 0.6) is 5.75 Å². The number of ketones is 1. The fourth-order valence-electron chi connectivity index (χ4n) is 5.12. The lowest BCUT2D eigenvalue weighted by molar-refractivity contribution is 0.0600. The van der Waals surface area contributed by atoms with Gasteiger partial charge in [0.2, 0.25) is 0 Å². The predicted molar refractivity (Wildman–Crippen MR) is 148 cm³/mol. The number of halogens is 1. The van der Waals surface area contributed by atoms with Crippen LogP contribution < -0.4 is 4.74 Å². The Labute approximate surface area is 227 Å². The monoisotopic (exact) mass is 535 g/mol. The molecule has 0 saturated carbocycles. The summed E-state index contributed by atoms with van der Waals surface area (Å²) in [6, 6.07) is 21.1. The molecule has 0 aliphatic carbocycles. The van der Waals surface area contributed by atoms with Gasteiger partial charge < -0.3 is 14.4 Å². The minimum Gasteiger partial charge on any atom is -0.489 e. The summed E-state index contributed by atoms with van der Waals surface area (Å²) in [5.74, 6) is 1.68. The van der Waals surface area contributed by atoms with E-state index in [2.05, 4.69) is 23.1 Å². The summed E-state index contributed by atoms with van der Waals surface area (Å²) in [5.41, 5.74) is 4.67. The van der Waals surface area contributed by atoms with Crippen LogP contribution in [0.1, 0.15) is 55.5 Å². The molecule has 2 aliphatic rings. The topological polar surface area (TPSA) is 55.8 Å². The Bertz CT molecular complexity index is 1270. The molecule has 0 radical (unpaired) electrons. The zero-order valence-corrected chi connectivity index (χ0v) is 22.4. The predicted octanol–water partition coefficient (Wildman–Crippen LogP) is 6.44. The van der Waals surface area contributed by atoms with Gasteiger partial charge in [-0.15, -0.1) is 11.8 Å². The third-order valence-electron chi connectivity index (χ3n) is 7.21. The second-order valence-corrected chi connectivity index (χ2v) is 11.1. The molecule has 7 heteroatoms. The molecular formula is C30H30ClNO4S. The van der Waals surface area contributed by atoms with Crippen LogP contribution in [0.4, 0.5) is 0 Å². The zero-order valence-electron chi connectivity index (χ0n) is 20.8. The molecule has 37 heavy (non-hydrogen) atoms. The number of hydrogen-bond acceptors (Lipinski definition) is 6. The van der Waals surface area contributed by atoms with E-state index in [1.807, 2.05) is 42.1 Å². The molecule has 1 atom stereocenters. The Morgan fingerprint density at radius 3 is 2.49 bits per heavy atom. The highest BCUT2D eigenvalue weighted by molar-refractivity contribution is 7.99. The smallest absolute Gasteiger partial charge is 0.337 e. The average molecular weight is 536 g/mol. The first-order valence-electron chi connectivity index (χ1n) is 12.6. The molecule has 5 rings (SSSR count). The third kappa shape index (κ3) is 5.87. The van der Waals surface area contributed by atoms with E-state index in [0.717, 1.165) is 60.7 Å². The second kappa shape index (κ2) is 11.7. The van der Waals surface area contributed by atoms with Crippen LogP contribution in [-0.4, -0.2) is 49.1 Å². The van der Waals surface area contributed by atoms with Crippen LogP contribution >= 0.6 is 23.4 Å². The molecule has 2 heterocycles. The molecule has 1 unspecified atom stereocenters. The molecule has 0 spiro atoms. The van der Waals surface area contributed by atoms with E-state index in [-0.39, 0.29) is 22.9 Å². The van der Waals surface area contributed by atoms with E-state index in [0.29, 0.717) is 17.2 Å². The molecule has 1 fully saturated rings. The number of carbonyl (C=O) groups excluding carboxylic acids is 2. The van der Waals surface area contributed by atoms with Crippen molar-refractivity contribution in [2.45, 2.75) is 24.7 Å². The van der Waals surface area contributed by atoms with Gasteiger partial charge >= 0.3 is 5.97 Å². The van der Waals surface area contributed by atoms with Gasteiger partial charge in [0.05, 0.1) is 17.9 Å². The van der Waals surface area contributed by atoms with Gasteiger partial charge in [-0.1, -0.05) is 35.9 Å². The van der Waals surface area contributed by atoms with Gasteiger partial charge in [-0.3, -0.25) is 4.79 Å². The van der Waals surface area contributed by atoms with Crippen molar-refractivity contribution < 1.29 is 19.1 Å².